The Morgan fingerprint density at radius 1 is 1.37 bits per heavy atom. The lowest BCUT2D eigenvalue weighted by Crippen LogP contribution is -2.41. The number of nitro benzene ring substituents is 1. The van der Waals surface area contributed by atoms with Gasteiger partial charge in [-0.05, 0) is 25.8 Å². The molecule has 0 radical (unpaired) electrons. The van der Waals surface area contributed by atoms with Crippen molar-refractivity contribution >= 4 is 15.7 Å². The second kappa shape index (κ2) is 5.26. The van der Waals surface area contributed by atoms with E-state index in [9.17, 15) is 18.5 Å². The van der Waals surface area contributed by atoms with Gasteiger partial charge in [0, 0.05) is 24.7 Å². The van der Waals surface area contributed by atoms with Gasteiger partial charge in [0.05, 0.1) is 9.82 Å². The molecule has 1 atom stereocenters. The van der Waals surface area contributed by atoms with Crippen LogP contribution in [0.1, 0.15) is 26.2 Å². The molecule has 0 spiro atoms. The highest BCUT2D eigenvalue weighted by molar-refractivity contribution is 7.89. The summed E-state index contributed by atoms with van der Waals surface area (Å²) < 4.78 is 26.4. The van der Waals surface area contributed by atoms with Gasteiger partial charge in [-0.2, -0.15) is 4.31 Å². The van der Waals surface area contributed by atoms with Crippen LogP contribution in [-0.4, -0.2) is 30.2 Å². The largest absolute Gasteiger partial charge is 0.270 e. The number of sulfonamides is 1. The maximum atomic E-state index is 12.5. The van der Waals surface area contributed by atoms with Crippen molar-refractivity contribution in [3.8, 4) is 0 Å². The van der Waals surface area contributed by atoms with Crippen LogP contribution in [-0.2, 0) is 10.0 Å². The molecule has 19 heavy (non-hydrogen) atoms. The molecule has 1 aliphatic rings. The standard InChI is InChI=1S/C12H16N2O4S/c1-10-5-2-3-8-13(10)19(17,18)12-7-4-6-11(9-12)14(15)16/h4,6-7,9-10H,2-3,5,8H2,1H3. The summed E-state index contributed by atoms with van der Waals surface area (Å²) in [6.07, 6.45) is 2.68. The molecule has 0 bridgehead atoms. The van der Waals surface area contributed by atoms with Crippen LogP contribution >= 0.6 is 0 Å². The van der Waals surface area contributed by atoms with Crippen LogP contribution < -0.4 is 0 Å². The maximum Gasteiger partial charge on any atom is 0.270 e. The zero-order valence-corrected chi connectivity index (χ0v) is 11.5. The first-order chi connectivity index (χ1) is 8.93. The van der Waals surface area contributed by atoms with Crippen molar-refractivity contribution in [2.24, 2.45) is 0 Å². The van der Waals surface area contributed by atoms with Gasteiger partial charge in [0.15, 0.2) is 0 Å². The van der Waals surface area contributed by atoms with Gasteiger partial charge < -0.3 is 0 Å². The highest BCUT2D eigenvalue weighted by atomic mass is 32.2. The van der Waals surface area contributed by atoms with E-state index < -0.39 is 14.9 Å². The zero-order valence-electron chi connectivity index (χ0n) is 10.7. The Hall–Kier alpha value is -1.47. The minimum Gasteiger partial charge on any atom is -0.258 e. The predicted octanol–water partition coefficient (Wildman–Crippen LogP) is 2.16. The number of rotatable bonds is 3. The van der Waals surface area contributed by atoms with Crippen molar-refractivity contribution in [1.29, 1.82) is 0 Å². The summed E-state index contributed by atoms with van der Waals surface area (Å²) in [5, 5.41) is 10.7. The Morgan fingerprint density at radius 3 is 2.74 bits per heavy atom. The van der Waals surface area contributed by atoms with Crippen LogP contribution in [0, 0.1) is 10.1 Å². The van der Waals surface area contributed by atoms with Crippen LogP contribution in [0.5, 0.6) is 0 Å². The Morgan fingerprint density at radius 2 is 2.11 bits per heavy atom. The van der Waals surface area contributed by atoms with Gasteiger partial charge >= 0.3 is 0 Å². The van der Waals surface area contributed by atoms with E-state index in [-0.39, 0.29) is 16.6 Å². The number of non-ortho nitro benzene ring substituents is 1. The van der Waals surface area contributed by atoms with Crippen LogP contribution in [0.4, 0.5) is 5.69 Å². The lowest BCUT2D eigenvalue weighted by Gasteiger charge is -2.32. The minimum absolute atomic E-state index is 0.00421. The molecule has 1 unspecified atom stereocenters. The molecule has 104 valence electrons. The molecule has 0 aromatic heterocycles. The number of piperidine rings is 1. The first-order valence-corrected chi connectivity index (χ1v) is 7.63. The van der Waals surface area contributed by atoms with Crippen molar-refractivity contribution in [3.05, 3.63) is 34.4 Å². The van der Waals surface area contributed by atoms with Gasteiger partial charge in [-0.3, -0.25) is 10.1 Å². The molecule has 0 saturated carbocycles. The van der Waals surface area contributed by atoms with Crippen molar-refractivity contribution < 1.29 is 13.3 Å². The third-order valence-corrected chi connectivity index (χ3v) is 5.39. The fourth-order valence-corrected chi connectivity index (χ4v) is 4.06. The Labute approximate surface area is 112 Å². The number of hydrogen-bond acceptors (Lipinski definition) is 4. The van der Waals surface area contributed by atoms with E-state index in [1.165, 1.54) is 22.5 Å². The van der Waals surface area contributed by atoms with Crippen LogP contribution in [0.15, 0.2) is 29.2 Å². The van der Waals surface area contributed by atoms with Crippen molar-refractivity contribution in [2.75, 3.05) is 6.54 Å². The molecule has 1 saturated heterocycles. The molecule has 1 heterocycles. The average molecular weight is 284 g/mol. The summed E-state index contributed by atoms with van der Waals surface area (Å²) in [6.45, 7) is 2.35. The summed E-state index contributed by atoms with van der Waals surface area (Å²) in [6, 6.07) is 5.16. The normalized spacial score (nSPS) is 21.2. The molecule has 6 nitrogen and oxygen atoms in total. The van der Waals surface area contributed by atoms with E-state index in [0.29, 0.717) is 6.54 Å². The van der Waals surface area contributed by atoms with Crippen LogP contribution in [0.3, 0.4) is 0 Å². The highest BCUT2D eigenvalue weighted by Gasteiger charge is 2.31. The van der Waals surface area contributed by atoms with Gasteiger partial charge in [-0.25, -0.2) is 8.42 Å². The molecule has 0 N–H and O–H groups in total. The van der Waals surface area contributed by atoms with E-state index in [4.69, 9.17) is 0 Å². The minimum atomic E-state index is -3.64. The summed E-state index contributed by atoms with van der Waals surface area (Å²) in [5.41, 5.74) is -0.203. The van der Waals surface area contributed by atoms with E-state index >= 15 is 0 Å². The second-order valence-electron chi connectivity index (χ2n) is 4.72. The lowest BCUT2D eigenvalue weighted by atomic mass is 10.1. The fraction of sp³-hybridized carbons (Fsp3) is 0.500. The van der Waals surface area contributed by atoms with Crippen LogP contribution in [0.2, 0.25) is 0 Å². The number of nitrogens with zero attached hydrogens (tertiary/aromatic N) is 2. The third-order valence-electron chi connectivity index (χ3n) is 3.38. The Kier molecular flexibility index (Phi) is 3.86. The molecule has 1 aliphatic heterocycles. The van der Waals surface area contributed by atoms with Crippen molar-refractivity contribution in [1.82, 2.24) is 4.31 Å². The van der Waals surface area contributed by atoms with E-state index in [1.807, 2.05) is 6.92 Å². The van der Waals surface area contributed by atoms with E-state index in [2.05, 4.69) is 0 Å². The van der Waals surface area contributed by atoms with Crippen molar-refractivity contribution in [3.63, 3.8) is 0 Å². The maximum absolute atomic E-state index is 12.5. The first kappa shape index (κ1) is 14.0. The second-order valence-corrected chi connectivity index (χ2v) is 6.61. The number of nitro groups is 1. The molecule has 0 aliphatic carbocycles. The molecular formula is C12H16N2O4S. The predicted molar refractivity (Wildman–Crippen MR) is 70.3 cm³/mol. The summed E-state index contributed by atoms with van der Waals surface area (Å²) in [4.78, 5) is 10.1. The summed E-state index contributed by atoms with van der Waals surface area (Å²) in [7, 11) is -3.64. The SMILES string of the molecule is CC1CCCCN1S(=O)(=O)c1cccc([N+](=O)[O-])c1. The van der Waals surface area contributed by atoms with E-state index in [1.54, 1.807) is 0 Å². The summed E-state index contributed by atoms with van der Waals surface area (Å²) >= 11 is 0. The van der Waals surface area contributed by atoms with Crippen LogP contribution in [0.25, 0.3) is 0 Å². The Bertz CT molecular complexity index is 585. The average Bonchev–Trinajstić information content (AvgIpc) is 2.39. The number of benzene rings is 1. The fourth-order valence-electron chi connectivity index (χ4n) is 2.32. The molecule has 1 aromatic carbocycles. The molecular weight excluding hydrogens is 268 g/mol. The topological polar surface area (TPSA) is 80.5 Å². The smallest absolute Gasteiger partial charge is 0.258 e. The molecule has 1 aromatic rings. The Balaban J connectivity index is 2.38. The molecule has 1 fully saturated rings. The molecule has 7 heteroatoms. The van der Waals surface area contributed by atoms with Gasteiger partial charge in [-0.1, -0.05) is 12.5 Å². The van der Waals surface area contributed by atoms with Crippen molar-refractivity contribution in [2.45, 2.75) is 37.1 Å². The van der Waals surface area contributed by atoms with Gasteiger partial charge in [0.2, 0.25) is 10.0 Å². The van der Waals surface area contributed by atoms with Gasteiger partial charge in [-0.15, -0.1) is 0 Å². The number of hydrogen-bond donors (Lipinski definition) is 0. The zero-order chi connectivity index (χ0) is 14.0. The van der Waals surface area contributed by atoms with Gasteiger partial charge in [0.25, 0.3) is 5.69 Å². The lowest BCUT2D eigenvalue weighted by molar-refractivity contribution is -0.385. The summed E-state index contributed by atoms with van der Waals surface area (Å²) in [5.74, 6) is 0. The quantitative estimate of drug-likeness (QED) is 0.629. The first-order valence-electron chi connectivity index (χ1n) is 6.19. The molecule has 2 rings (SSSR count). The van der Waals surface area contributed by atoms with Gasteiger partial charge in [0.1, 0.15) is 0 Å². The molecule has 0 amide bonds. The van der Waals surface area contributed by atoms with E-state index in [0.717, 1.165) is 25.3 Å². The highest BCUT2D eigenvalue weighted by Crippen LogP contribution is 2.26. The monoisotopic (exact) mass is 284 g/mol. The third kappa shape index (κ3) is 2.76.